The van der Waals surface area contributed by atoms with Gasteiger partial charge >= 0.3 is 0 Å². The molecule has 0 aliphatic carbocycles. The van der Waals surface area contributed by atoms with E-state index in [4.69, 9.17) is 18.9 Å². The van der Waals surface area contributed by atoms with Crippen molar-refractivity contribution in [3.8, 4) is 23.0 Å². The van der Waals surface area contributed by atoms with Crippen LogP contribution in [-0.4, -0.2) is 41.7 Å². The molecule has 0 saturated carbocycles. The van der Waals surface area contributed by atoms with Crippen molar-refractivity contribution in [2.75, 3.05) is 19.9 Å². The van der Waals surface area contributed by atoms with Gasteiger partial charge in [-0.3, -0.25) is 9.48 Å². The van der Waals surface area contributed by atoms with Crippen LogP contribution in [0.5, 0.6) is 23.0 Å². The van der Waals surface area contributed by atoms with E-state index < -0.39 is 0 Å². The lowest BCUT2D eigenvalue weighted by atomic mass is 10.1. The fourth-order valence-corrected chi connectivity index (χ4v) is 4.19. The normalized spacial score (nSPS) is 15.9. The molecule has 1 unspecified atom stereocenters. The summed E-state index contributed by atoms with van der Waals surface area (Å²) in [6, 6.07) is 19.0. The van der Waals surface area contributed by atoms with Crippen molar-refractivity contribution in [2.45, 2.75) is 19.1 Å². The number of fused-ring (bicyclic) bond motifs is 3. The van der Waals surface area contributed by atoms with E-state index in [1.165, 1.54) is 0 Å². The molecule has 4 aromatic rings. The third-order valence-corrected chi connectivity index (χ3v) is 5.91. The van der Waals surface area contributed by atoms with Gasteiger partial charge in [-0.15, -0.1) is 0 Å². The lowest BCUT2D eigenvalue weighted by Gasteiger charge is -2.26. The summed E-state index contributed by atoms with van der Waals surface area (Å²) in [5.74, 6) is 2.90. The summed E-state index contributed by atoms with van der Waals surface area (Å²) in [7, 11) is 0. The van der Waals surface area contributed by atoms with E-state index in [0.717, 1.165) is 39.5 Å². The predicted octanol–water partition coefficient (Wildman–Crippen LogP) is 3.58. The van der Waals surface area contributed by atoms with Gasteiger partial charge < -0.3 is 24.3 Å². The Morgan fingerprint density at radius 1 is 0.971 bits per heavy atom. The first-order valence-electron chi connectivity index (χ1n) is 11.2. The smallest absolute Gasteiger partial charge is 0.251 e. The number of aromatic nitrogens is 2. The summed E-state index contributed by atoms with van der Waals surface area (Å²) in [6.07, 6.45) is 2.50. The maximum atomic E-state index is 12.7. The maximum absolute atomic E-state index is 12.7. The van der Waals surface area contributed by atoms with Gasteiger partial charge in [0, 0.05) is 23.7 Å². The summed E-state index contributed by atoms with van der Waals surface area (Å²) in [6.45, 7) is 1.80. The van der Waals surface area contributed by atoms with Crippen LogP contribution in [0.15, 0.2) is 66.9 Å². The molecule has 6 rings (SSSR count). The van der Waals surface area contributed by atoms with Gasteiger partial charge in [0.15, 0.2) is 29.1 Å². The number of carbonyl (C=O) groups excluding carboxylic acids is 1. The van der Waals surface area contributed by atoms with E-state index in [-0.39, 0.29) is 18.8 Å². The maximum Gasteiger partial charge on any atom is 0.251 e. The first-order chi connectivity index (χ1) is 16.7. The summed E-state index contributed by atoms with van der Waals surface area (Å²) < 4.78 is 24.4. The SMILES string of the molecule is O=C(NCCc1ccc2c(c1)OCO2)c1ccc2nn(CC3COc4ccccc4O3)cc2c1. The highest BCUT2D eigenvalue weighted by Crippen LogP contribution is 2.33. The van der Waals surface area contributed by atoms with Crippen LogP contribution in [0.25, 0.3) is 10.9 Å². The second-order valence-electron chi connectivity index (χ2n) is 8.32. The van der Waals surface area contributed by atoms with Gasteiger partial charge in [0.05, 0.1) is 12.1 Å². The van der Waals surface area contributed by atoms with Gasteiger partial charge in [-0.25, -0.2) is 0 Å². The molecule has 1 amide bonds. The van der Waals surface area contributed by atoms with Crippen molar-refractivity contribution in [3.63, 3.8) is 0 Å². The lowest BCUT2D eigenvalue weighted by Crippen LogP contribution is -2.33. The number of benzene rings is 3. The Hall–Kier alpha value is -4.20. The molecular formula is C26H23N3O5. The molecule has 2 aliphatic heterocycles. The first-order valence-corrected chi connectivity index (χ1v) is 11.2. The largest absolute Gasteiger partial charge is 0.486 e. The van der Waals surface area contributed by atoms with Crippen LogP contribution in [-0.2, 0) is 13.0 Å². The molecule has 0 spiro atoms. The average molecular weight is 457 g/mol. The van der Waals surface area contributed by atoms with Gasteiger partial charge in [0.25, 0.3) is 5.91 Å². The Labute approximate surface area is 196 Å². The van der Waals surface area contributed by atoms with Gasteiger partial charge in [-0.1, -0.05) is 18.2 Å². The number of amides is 1. The molecular weight excluding hydrogens is 434 g/mol. The number of para-hydroxylation sites is 2. The topological polar surface area (TPSA) is 83.8 Å². The summed E-state index contributed by atoms with van der Waals surface area (Å²) in [4.78, 5) is 12.7. The molecule has 1 atom stereocenters. The Morgan fingerprint density at radius 3 is 2.76 bits per heavy atom. The van der Waals surface area contributed by atoms with Crippen molar-refractivity contribution in [1.29, 1.82) is 0 Å². The quantitative estimate of drug-likeness (QED) is 0.477. The fraction of sp³-hybridized carbons (Fsp3) is 0.231. The first kappa shape index (κ1) is 20.4. The second kappa shape index (κ2) is 8.62. The van der Waals surface area contributed by atoms with E-state index in [9.17, 15) is 4.79 Å². The zero-order valence-electron chi connectivity index (χ0n) is 18.4. The van der Waals surface area contributed by atoms with Crippen molar-refractivity contribution in [1.82, 2.24) is 15.1 Å². The molecule has 0 radical (unpaired) electrons. The molecule has 0 saturated heterocycles. The molecule has 1 N–H and O–H groups in total. The van der Waals surface area contributed by atoms with Crippen LogP contribution in [0.2, 0.25) is 0 Å². The van der Waals surface area contributed by atoms with Crippen molar-refractivity contribution in [3.05, 3.63) is 78.0 Å². The number of nitrogens with one attached hydrogen (secondary N) is 1. The molecule has 8 heteroatoms. The third-order valence-electron chi connectivity index (χ3n) is 5.91. The van der Waals surface area contributed by atoms with Crippen LogP contribution in [0.4, 0.5) is 0 Å². The molecule has 34 heavy (non-hydrogen) atoms. The molecule has 2 aliphatic rings. The number of hydrogen-bond acceptors (Lipinski definition) is 6. The summed E-state index contributed by atoms with van der Waals surface area (Å²) >= 11 is 0. The van der Waals surface area contributed by atoms with Crippen molar-refractivity contribution in [2.24, 2.45) is 0 Å². The second-order valence-corrected chi connectivity index (χ2v) is 8.32. The number of ether oxygens (including phenoxy) is 4. The minimum absolute atomic E-state index is 0.115. The highest BCUT2D eigenvalue weighted by molar-refractivity contribution is 5.97. The molecule has 8 nitrogen and oxygen atoms in total. The van der Waals surface area contributed by atoms with Gasteiger partial charge in [-0.2, -0.15) is 5.10 Å². The summed E-state index contributed by atoms with van der Waals surface area (Å²) in [5, 5.41) is 8.51. The third kappa shape index (κ3) is 4.10. The molecule has 3 heterocycles. The number of hydrogen-bond donors (Lipinski definition) is 1. The Kier molecular flexibility index (Phi) is 5.18. The standard InChI is InChI=1S/C26H23N3O5/c30-26(27-10-9-17-5-8-23-25(11-17)33-16-32-23)18-6-7-21-19(12-18)13-29(28-21)14-20-15-31-22-3-1-2-4-24(22)34-20/h1-8,11-13,20H,9-10,14-16H2,(H,27,30). The van der Waals surface area contributed by atoms with Crippen LogP contribution >= 0.6 is 0 Å². The Balaban J connectivity index is 1.07. The minimum atomic E-state index is -0.136. The van der Waals surface area contributed by atoms with Gasteiger partial charge in [0.2, 0.25) is 6.79 Å². The monoisotopic (exact) mass is 457 g/mol. The lowest BCUT2D eigenvalue weighted by molar-refractivity contribution is 0.0760. The Morgan fingerprint density at radius 2 is 1.82 bits per heavy atom. The molecule has 1 aromatic heterocycles. The molecule has 3 aromatic carbocycles. The van der Waals surface area contributed by atoms with E-state index in [1.807, 2.05) is 65.5 Å². The van der Waals surface area contributed by atoms with Crippen LogP contribution in [0.3, 0.4) is 0 Å². The van der Waals surface area contributed by atoms with Crippen molar-refractivity contribution < 1.29 is 23.7 Å². The number of nitrogens with zero attached hydrogens (tertiary/aromatic N) is 2. The van der Waals surface area contributed by atoms with E-state index in [2.05, 4.69) is 10.4 Å². The fourth-order valence-electron chi connectivity index (χ4n) is 4.19. The van der Waals surface area contributed by atoms with E-state index >= 15 is 0 Å². The molecule has 172 valence electrons. The summed E-state index contributed by atoms with van der Waals surface area (Å²) in [5.41, 5.74) is 2.51. The predicted molar refractivity (Wildman–Crippen MR) is 125 cm³/mol. The highest BCUT2D eigenvalue weighted by atomic mass is 16.7. The van der Waals surface area contributed by atoms with Crippen LogP contribution < -0.4 is 24.3 Å². The molecule has 0 bridgehead atoms. The van der Waals surface area contributed by atoms with Crippen molar-refractivity contribution >= 4 is 16.8 Å². The minimum Gasteiger partial charge on any atom is -0.486 e. The highest BCUT2D eigenvalue weighted by Gasteiger charge is 2.21. The van der Waals surface area contributed by atoms with Gasteiger partial charge in [0.1, 0.15) is 6.61 Å². The zero-order valence-corrected chi connectivity index (χ0v) is 18.4. The van der Waals surface area contributed by atoms with Gasteiger partial charge in [-0.05, 0) is 54.4 Å². The number of rotatable bonds is 6. The van der Waals surface area contributed by atoms with E-state index in [1.54, 1.807) is 6.07 Å². The average Bonchev–Trinajstić information content (AvgIpc) is 3.49. The van der Waals surface area contributed by atoms with Crippen LogP contribution in [0, 0.1) is 0 Å². The molecule has 0 fully saturated rings. The Bertz CT molecular complexity index is 1370. The zero-order chi connectivity index (χ0) is 22.9. The van der Waals surface area contributed by atoms with Crippen LogP contribution in [0.1, 0.15) is 15.9 Å². The van der Waals surface area contributed by atoms with E-state index in [0.29, 0.717) is 31.7 Å². The number of carbonyl (C=O) groups is 1.